The fraction of sp³-hybridized carbons (Fsp3) is 0.267. The predicted octanol–water partition coefficient (Wildman–Crippen LogP) is 1.15. The number of aromatic nitrogens is 3. The second-order valence-electron chi connectivity index (χ2n) is 5.04. The number of urea groups is 1. The van der Waals surface area contributed by atoms with E-state index >= 15 is 0 Å². The molecule has 2 rings (SSSR count). The minimum absolute atomic E-state index is 0.0713. The van der Waals surface area contributed by atoms with E-state index in [0.717, 1.165) is 11.4 Å². The van der Waals surface area contributed by atoms with E-state index in [1.165, 1.54) is 13.1 Å². The summed E-state index contributed by atoms with van der Waals surface area (Å²) < 4.78 is 6.39. The molecule has 10 heteroatoms. The van der Waals surface area contributed by atoms with Crippen LogP contribution in [0.4, 0.5) is 4.79 Å². The molecular formula is C15H16ClN5O4. The molecule has 0 fully saturated rings. The molecule has 0 saturated carbocycles. The normalized spacial score (nSPS) is 10.2. The van der Waals surface area contributed by atoms with Crippen molar-refractivity contribution in [2.24, 2.45) is 0 Å². The standard InChI is InChI=1S/C15H16ClN5O4/c1-8-6-9(2)21(20-8)11-5-4-10(16)13(18-11)14(23)25-7-12(22)19-15(24)17-3/h4-6H,7H2,1-3H3,(H2,17,19,22,24). The van der Waals surface area contributed by atoms with Crippen LogP contribution in [0.15, 0.2) is 18.2 Å². The summed E-state index contributed by atoms with van der Waals surface area (Å²) >= 11 is 5.99. The molecule has 3 amide bonds. The van der Waals surface area contributed by atoms with Crippen LogP contribution in [0.25, 0.3) is 5.82 Å². The molecule has 25 heavy (non-hydrogen) atoms. The molecular weight excluding hydrogens is 350 g/mol. The molecule has 0 spiro atoms. The Morgan fingerprint density at radius 2 is 2.00 bits per heavy atom. The first kappa shape index (κ1) is 18.4. The highest BCUT2D eigenvalue weighted by molar-refractivity contribution is 6.33. The van der Waals surface area contributed by atoms with Gasteiger partial charge in [-0.1, -0.05) is 11.6 Å². The van der Waals surface area contributed by atoms with Crippen molar-refractivity contribution in [3.8, 4) is 5.82 Å². The largest absolute Gasteiger partial charge is 0.451 e. The van der Waals surface area contributed by atoms with Gasteiger partial charge in [0.15, 0.2) is 18.1 Å². The SMILES string of the molecule is CNC(=O)NC(=O)COC(=O)c1nc(-n2nc(C)cc2C)ccc1Cl. The number of ether oxygens (including phenoxy) is 1. The van der Waals surface area contributed by atoms with Crippen LogP contribution in [0.3, 0.4) is 0 Å². The highest BCUT2D eigenvalue weighted by atomic mass is 35.5. The molecule has 0 aliphatic heterocycles. The summed E-state index contributed by atoms with van der Waals surface area (Å²) in [4.78, 5) is 38.7. The number of aryl methyl sites for hydroxylation is 2. The number of hydrogen-bond acceptors (Lipinski definition) is 6. The van der Waals surface area contributed by atoms with Gasteiger partial charge in [-0.15, -0.1) is 0 Å². The second kappa shape index (κ2) is 7.75. The lowest BCUT2D eigenvalue weighted by molar-refractivity contribution is -0.123. The maximum atomic E-state index is 12.1. The minimum Gasteiger partial charge on any atom is -0.451 e. The lowest BCUT2D eigenvalue weighted by atomic mass is 10.3. The molecule has 9 nitrogen and oxygen atoms in total. The van der Waals surface area contributed by atoms with E-state index in [0.29, 0.717) is 5.82 Å². The molecule has 0 aliphatic carbocycles. The van der Waals surface area contributed by atoms with E-state index in [2.05, 4.69) is 15.4 Å². The molecule has 0 bridgehead atoms. The number of carbonyl (C=O) groups is 3. The number of nitrogens with one attached hydrogen (secondary N) is 2. The Hall–Kier alpha value is -2.94. The van der Waals surface area contributed by atoms with Gasteiger partial charge in [0.1, 0.15) is 0 Å². The Balaban J connectivity index is 2.14. The van der Waals surface area contributed by atoms with Crippen LogP contribution < -0.4 is 10.6 Å². The van der Waals surface area contributed by atoms with Gasteiger partial charge in [-0.3, -0.25) is 10.1 Å². The number of rotatable bonds is 4. The van der Waals surface area contributed by atoms with Crippen LogP contribution in [-0.2, 0) is 9.53 Å². The zero-order valence-corrected chi connectivity index (χ0v) is 14.5. The third-order valence-electron chi connectivity index (χ3n) is 3.07. The smallest absolute Gasteiger partial charge is 0.359 e. The van der Waals surface area contributed by atoms with Gasteiger partial charge in [0.25, 0.3) is 5.91 Å². The third-order valence-corrected chi connectivity index (χ3v) is 3.37. The highest BCUT2D eigenvalue weighted by Crippen LogP contribution is 2.18. The zero-order chi connectivity index (χ0) is 18.6. The lowest BCUT2D eigenvalue weighted by Crippen LogP contribution is -2.39. The van der Waals surface area contributed by atoms with Crippen molar-refractivity contribution in [3.63, 3.8) is 0 Å². The van der Waals surface area contributed by atoms with Gasteiger partial charge in [0.2, 0.25) is 0 Å². The van der Waals surface area contributed by atoms with Gasteiger partial charge in [-0.05, 0) is 32.0 Å². The van der Waals surface area contributed by atoms with Gasteiger partial charge in [-0.25, -0.2) is 19.3 Å². The van der Waals surface area contributed by atoms with Crippen LogP contribution in [0.1, 0.15) is 21.9 Å². The summed E-state index contributed by atoms with van der Waals surface area (Å²) in [5, 5.41) is 8.52. The van der Waals surface area contributed by atoms with Crippen LogP contribution in [0.5, 0.6) is 0 Å². The maximum Gasteiger partial charge on any atom is 0.359 e. The van der Waals surface area contributed by atoms with E-state index in [9.17, 15) is 14.4 Å². The first-order valence-electron chi connectivity index (χ1n) is 7.20. The van der Waals surface area contributed by atoms with Crippen molar-refractivity contribution in [3.05, 3.63) is 40.3 Å². The van der Waals surface area contributed by atoms with E-state index in [-0.39, 0.29) is 10.7 Å². The Labute approximate surface area is 148 Å². The van der Waals surface area contributed by atoms with Gasteiger partial charge in [0, 0.05) is 12.7 Å². The predicted molar refractivity (Wildman–Crippen MR) is 88.7 cm³/mol. The van der Waals surface area contributed by atoms with E-state index in [1.54, 1.807) is 10.7 Å². The fourth-order valence-electron chi connectivity index (χ4n) is 1.98. The average molecular weight is 366 g/mol. The molecule has 132 valence electrons. The van der Waals surface area contributed by atoms with Crippen molar-refractivity contribution in [1.82, 2.24) is 25.4 Å². The van der Waals surface area contributed by atoms with E-state index in [4.69, 9.17) is 16.3 Å². The molecule has 0 aromatic carbocycles. The van der Waals surface area contributed by atoms with Crippen molar-refractivity contribution in [1.29, 1.82) is 0 Å². The number of hydrogen-bond donors (Lipinski definition) is 2. The molecule has 0 atom stereocenters. The fourth-order valence-corrected chi connectivity index (χ4v) is 2.16. The monoisotopic (exact) mass is 365 g/mol. The van der Waals surface area contributed by atoms with Gasteiger partial charge in [-0.2, -0.15) is 5.10 Å². The van der Waals surface area contributed by atoms with Gasteiger partial charge < -0.3 is 10.1 Å². The topological polar surface area (TPSA) is 115 Å². The third kappa shape index (κ3) is 4.54. The Morgan fingerprint density at radius 3 is 2.60 bits per heavy atom. The molecule has 2 heterocycles. The van der Waals surface area contributed by atoms with Crippen molar-refractivity contribution in [2.75, 3.05) is 13.7 Å². The summed E-state index contributed by atoms with van der Waals surface area (Å²) in [6.45, 7) is 3.03. The number of nitrogens with zero attached hydrogens (tertiary/aromatic N) is 3. The van der Waals surface area contributed by atoms with Crippen molar-refractivity contribution in [2.45, 2.75) is 13.8 Å². The summed E-state index contributed by atoms with van der Waals surface area (Å²) in [6, 6.07) is 4.25. The minimum atomic E-state index is -0.888. The number of pyridine rings is 1. The van der Waals surface area contributed by atoms with Gasteiger partial charge >= 0.3 is 12.0 Å². The van der Waals surface area contributed by atoms with Crippen LogP contribution in [-0.4, -0.2) is 46.3 Å². The Bertz CT molecular complexity index is 833. The molecule has 0 saturated heterocycles. The first-order valence-corrected chi connectivity index (χ1v) is 7.58. The highest BCUT2D eigenvalue weighted by Gasteiger charge is 2.18. The number of carbonyl (C=O) groups excluding carboxylic acids is 3. The quantitative estimate of drug-likeness (QED) is 0.785. The number of esters is 1. The van der Waals surface area contributed by atoms with Crippen LogP contribution in [0, 0.1) is 13.8 Å². The van der Waals surface area contributed by atoms with Gasteiger partial charge in [0.05, 0.1) is 10.7 Å². The maximum absolute atomic E-state index is 12.1. The summed E-state index contributed by atoms with van der Waals surface area (Å²) in [5.41, 5.74) is 1.47. The van der Waals surface area contributed by atoms with Crippen molar-refractivity contribution >= 4 is 29.5 Å². The first-order chi connectivity index (χ1) is 11.8. The number of imide groups is 1. The summed E-state index contributed by atoms with van der Waals surface area (Å²) in [5.74, 6) is -1.28. The van der Waals surface area contributed by atoms with Crippen LogP contribution >= 0.6 is 11.6 Å². The Morgan fingerprint density at radius 1 is 1.28 bits per heavy atom. The molecule has 2 aromatic heterocycles. The Kier molecular flexibility index (Phi) is 5.71. The molecule has 0 unspecified atom stereocenters. The van der Waals surface area contributed by atoms with Crippen molar-refractivity contribution < 1.29 is 19.1 Å². The number of amides is 3. The molecule has 2 aromatic rings. The van der Waals surface area contributed by atoms with E-state index < -0.39 is 24.5 Å². The van der Waals surface area contributed by atoms with E-state index in [1.807, 2.05) is 25.2 Å². The lowest BCUT2D eigenvalue weighted by Gasteiger charge is -2.08. The molecule has 0 aliphatic rings. The summed E-state index contributed by atoms with van der Waals surface area (Å²) in [7, 11) is 1.35. The molecule has 0 radical (unpaired) electrons. The average Bonchev–Trinajstić information content (AvgIpc) is 2.91. The summed E-state index contributed by atoms with van der Waals surface area (Å²) in [6.07, 6.45) is 0. The second-order valence-corrected chi connectivity index (χ2v) is 5.45. The zero-order valence-electron chi connectivity index (χ0n) is 13.8. The molecule has 2 N–H and O–H groups in total. The number of halogens is 1. The van der Waals surface area contributed by atoms with Crippen LogP contribution in [0.2, 0.25) is 5.02 Å².